The van der Waals surface area contributed by atoms with Gasteiger partial charge in [-0.3, -0.25) is 8.37 Å². The third-order valence-electron chi connectivity index (χ3n) is 1.49. The summed E-state index contributed by atoms with van der Waals surface area (Å²) in [7, 11) is -5.70. The van der Waals surface area contributed by atoms with Crippen molar-refractivity contribution in [2.45, 2.75) is 8.42 Å². The smallest absolute Gasteiger partial charge is 0.269 e. The molecule has 0 N–H and O–H groups in total. The zero-order valence-electron chi connectivity index (χ0n) is 7.83. The van der Waals surface area contributed by atoms with Crippen LogP contribution in [0.2, 0.25) is 0 Å². The Morgan fingerprint density at radius 1 is 0.933 bits per heavy atom. The Labute approximate surface area is 91.7 Å². The molecule has 0 unspecified atom stereocenters. The minimum atomic E-state index is -3.85. The summed E-state index contributed by atoms with van der Waals surface area (Å²) in [5.41, 5.74) is 0. The largest absolute Gasteiger partial charge is 0.306 e. The molecule has 15 heavy (non-hydrogen) atoms. The van der Waals surface area contributed by atoms with Crippen molar-refractivity contribution in [1.82, 2.24) is 0 Å². The highest BCUT2D eigenvalue weighted by molar-refractivity contribution is 7.91. The van der Waals surface area contributed by atoms with Crippen LogP contribution in [-0.2, 0) is 28.6 Å². The molecule has 0 atom stereocenters. The maximum Gasteiger partial charge on any atom is 0.306 e. The standard InChI is InChI=1S/C6H8O6S3/c1-11-14(7,8)5-3-4-6(13-5)15(9,10)12-2/h3-4H,1-2H3. The first-order valence-corrected chi connectivity index (χ1v) is 7.18. The Bertz CT molecular complexity index is 489. The summed E-state index contributed by atoms with van der Waals surface area (Å²) in [6.07, 6.45) is 0. The zero-order chi connectivity index (χ0) is 11.7. The molecule has 0 radical (unpaired) electrons. The van der Waals surface area contributed by atoms with Gasteiger partial charge in [0.05, 0.1) is 14.2 Å². The van der Waals surface area contributed by atoms with Crippen LogP contribution < -0.4 is 0 Å². The van der Waals surface area contributed by atoms with Gasteiger partial charge in [0, 0.05) is 0 Å². The molecule has 0 aliphatic rings. The van der Waals surface area contributed by atoms with E-state index in [-0.39, 0.29) is 8.42 Å². The quantitative estimate of drug-likeness (QED) is 0.738. The average molecular weight is 272 g/mol. The highest BCUT2D eigenvalue weighted by Gasteiger charge is 2.22. The molecule has 1 aromatic heterocycles. The summed E-state index contributed by atoms with van der Waals surface area (Å²) in [5.74, 6) is 0. The van der Waals surface area contributed by atoms with Crippen LogP contribution in [0, 0.1) is 0 Å². The predicted molar refractivity (Wildman–Crippen MR) is 52.7 cm³/mol. The first-order valence-electron chi connectivity index (χ1n) is 3.54. The third kappa shape index (κ3) is 2.55. The SMILES string of the molecule is COS(=O)(=O)c1ccc(S(=O)(=O)OC)s1. The van der Waals surface area contributed by atoms with Gasteiger partial charge in [0.1, 0.15) is 8.42 Å². The molecule has 0 aliphatic carbocycles. The Balaban J connectivity index is 3.23. The molecule has 0 spiro atoms. The van der Waals surface area contributed by atoms with Gasteiger partial charge >= 0.3 is 20.2 Å². The van der Waals surface area contributed by atoms with E-state index in [4.69, 9.17) is 0 Å². The summed E-state index contributed by atoms with van der Waals surface area (Å²) in [4.78, 5) is 0. The second-order valence-electron chi connectivity index (χ2n) is 2.32. The number of hydrogen-bond acceptors (Lipinski definition) is 7. The minimum Gasteiger partial charge on any atom is -0.269 e. The van der Waals surface area contributed by atoms with Crippen molar-refractivity contribution in [3.8, 4) is 0 Å². The lowest BCUT2D eigenvalue weighted by Crippen LogP contribution is -2.00. The van der Waals surface area contributed by atoms with Crippen molar-refractivity contribution >= 4 is 31.6 Å². The molecule has 0 bridgehead atoms. The summed E-state index contributed by atoms with van der Waals surface area (Å²) in [5, 5.41) is 0. The molecule has 1 heterocycles. The van der Waals surface area contributed by atoms with E-state index in [1.165, 1.54) is 0 Å². The Morgan fingerprint density at radius 3 is 1.53 bits per heavy atom. The van der Waals surface area contributed by atoms with Crippen molar-refractivity contribution in [2.75, 3.05) is 14.2 Å². The molecule has 6 nitrogen and oxygen atoms in total. The van der Waals surface area contributed by atoms with Crippen LogP contribution >= 0.6 is 11.3 Å². The first kappa shape index (κ1) is 12.6. The molecule has 1 rings (SSSR count). The van der Waals surface area contributed by atoms with E-state index in [1.54, 1.807) is 0 Å². The van der Waals surface area contributed by atoms with Gasteiger partial charge in [0.25, 0.3) is 0 Å². The van der Waals surface area contributed by atoms with Crippen LogP contribution in [0.5, 0.6) is 0 Å². The van der Waals surface area contributed by atoms with E-state index in [2.05, 4.69) is 8.37 Å². The van der Waals surface area contributed by atoms with Crippen LogP contribution in [-0.4, -0.2) is 31.1 Å². The van der Waals surface area contributed by atoms with E-state index in [0.29, 0.717) is 11.3 Å². The molecule has 0 aliphatic heterocycles. The van der Waals surface area contributed by atoms with Gasteiger partial charge in [-0.1, -0.05) is 0 Å². The van der Waals surface area contributed by atoms with Crippen LogP contribution in [0.25, 0.3) is 0 Å². The van der Waals surface area contributed by atoms with Crippen molar-refractivity contribution in [3.63, 3.8) is 0 Å². The number of hydrogen-bond donors (Lipinski definition) is 0. The van der Waals surface area contributed by atoms with Crippen LogP contribution in [0.1, 0.15) is 0 Å². The lowest BCUT2D eigenvalue weighted by atomic mass is 10.7. The zero-order valence-corrected chi connectivity index (χ0v) is 10.3. The van der Waals surface area contributed by atoms with Gasteiger partial charge in [-0.25, -0.2) is 0 Å². The summed E-state index contributed by atoms with van der Waals surface area (Å²) in [6, 6.07) is 2.30. The molecular weight excluding hydrogens is 264 g/mol. The van der Waals surface area contributed by atoms with Crippen molar-refractivity contribution in [3.05, 3.63) is 12.1 Å². The van der Waals surface area contributed by atoms with E-state index >= 15 is 0 Å². The number of thiophene rings is 1. The Kier molecular flexibility index (Phi) is 3.51. The molecule has 0 aromatic carbocycles. The van der Waals surface area contributed by atoms with Gasteiger partial charge in [0.15, 0.2) is 0 Å². The van der Waals surface area contributed by atoms with Crippen LogP contribution in [0.15, 0.2) is 20.6 Å². The maximum atomic E-state index is 11.2. The van der Waals surface area contributed by atoms with Crippen LogP contribution in [0.3, 0.4) is 0 Å². The number of rotatable bonds is 4. The summed E-state index contributed by atoms with van der Waals surface area (Å²) in [6.45, 7) is 0. The van der Waals surface area contributed by atoms with Gasteiger partial charge < -0.3 is 0 Å². The average Bonchev–Trinajstić information content (AvgIpc) is 2.67. The van der Waals surface area contributed by atoms with Crippen molar-refractivity contribution < 1.29 is 25.2 Å². The Morgan fingerprint density at radius 2 is 1.27 bits per heavy atom. The molecule has 86 valence electrons. The second kappa shape index (κ2) is 4.18. The fraction of sp³-hybridized carbons (Fsp3) is 0.333. The minimum absolute atomic E-state index is 0.180. The monoisotopic (exact) mass is 272 g/mol. The fourth-order valence-electron chi connectivity index (χ4n) is 0.736. The van der Waals surface area contributed by atoms with Crippen molar-refractivity contribution in [2.24, 2.45) is 0 Å². The van der Waals surface area contributed by atoms with Crippen molar-refractivity contribution in [1.29, 1.82) is 0 Å². The van der Waals surface area contributed by atoms with Gasteiger partial charge in [-0.2, -0.15) is 16.8 Å². The van der Waals surface area contributed by atoms with Crippen LogP contribution in [0.4, 0.5) is 0 Å². The predicted octanol–water partition coefficient (Wildman–Crippen LogP) is 0.418. The molecule has 0 saturated heterocycles. The van der Waals surface area contributed by atoms with E-state index in [9.17, 15) is 16.8 Å². The maximum absolute atomic E-state index is 11.2. The van der Waals surface area contributed by atoms with E-state index in [1.807, 2.05) is 0 Å². The second-order valence-corrected chi connectivity index (χ2v) is 7.28. The molecule has 0 saturated carbocycles. The highest BCUT2D eigenvalue weighted by Crippen LogP contribution is 2.27. The highest BCUT2D eigenvalue weighted by atomic mass is 32.3. The molecular formula is C6H8O6S3. The lowest BCUT2D eigenvalue weighted by Gasteiger charge is -1.96. The summed E-state index contributed by atoms with van der Waals surface area (Å²) >= 11 is 0.570. The first-order chi connectivity index (χ1) is 6.83. The van der Waals surface area contributed by atoms with Gasteiger partial charge in [-0.15, -0.1) is 11.3 Å². The topological polar surface area (TPSA) is 86.7 Å². The van der Waals surface area contributed by atoms with E-state index in [0.717, 1.165) is 26.4 Å². The molecule has 1 aromatic rings. The molecule has 0 fully saturated rings. The molecule has 0 amide bonds. The normalized spacial score (nSPS) is 12.9. The lowest BCUT2D eigenvalue weighted by molar-refractivity contribution is 0.399. The van der Waals surface area contributed by atoms with Gasteiger partial charge in [0.2, 0.25) is 0 Å². The van der Waals surface area contributed by atoms with E-state index < -0.39 is 20.2 Å². The fourth-order valence-corrected chi connectivity index (χ4v) is 3.93. The summed E-state index contributed by atoms with van der Waals surface area (Å²) < 4.78 is 52.8. The molecule has 9 heteroatoms. The third-order valence-corrected chi connectivity index (χ3v) is 6.02. The Hall–Kier alpha value is -0.480. The van der Waals surface area contributed by atoms with Gasteiger partial charge in [-0.05, 0) is 12.1 Å².